The minimum absolute atomic E-state index is 0.297. The summed E-state index contributed by atoms with van der Waals surface area (Å²) in [6.07, 6.45) is 1.69. The number of esters is 1. The first-order valence-electron chi connectivity index (χ1n) is 7.95. The summed E-state index contributed by atoms with van der Waals surface area (Å²) < 4.78 is 19.8. The first-order chi connectivity index (χ1) is 13.0. The molecule has 6 nitrogen and oxygen atoms in total. The average Bonchev–Trinajstić information content (AvgIpc) is 3.16. The van der Waals surface area contributed by atoms with E-state index in [2.05, 4.69) is 10.1 Å². The Morgan fingerprint density at radius 3 is 2.70 bits per heavy atom. The third-order valence-electron chi connectivity index (χ3n) is 3.70. The second-order valence-electron chi connectivity index (χ2n) is 5.72. The fraction of sp³-hybridized carbons (Fsp3) is 0.0526. The van der Waals surface area contributed by atoms with Gasteiger partial charge in [-0.25, -0.2) is 4.39 Å². The number of carbonyl (C=O) groups is 1. The molecule has 0 unspecified atom stereocenters. The van der Waals surface area contributed by atoms with Gasteiger partial charge in [-0.05, 0) is 48.0 Å². The van der Waals surface area contributed by atoms with Crippen molar-refractivity contribution in [2.24, 2.45) is 0 Å². The van der Waals surface area contributed by atoms with Crippen molar-refractivity contribution in [3.05, 3.63) is 74.8 Å². The summed E-state index contributed by atoms with van der Waals surface area (Å²) >= 11 is 1.20. The molecule has 4 aromatic rings. The maximum atomic E-state index is 13.0. The molecule has 4 rings (SSSR count). The van der Waals surface area contributed by atoms with E-state index in [1.54, 1.807) is 42.5 Å². The standard InChI is InChI=1S/C19H12FN3O3S/c1-11(24)26-15-4-2-3-12(9-15)10-16-18(25)23-19(27-16)21-17(22-23)13-5-7-14(20)8-6-13/h2-10H,1H3/b16-10+. The van der Waals surface area contributed by atoms with Crippen LogP contribution in [-0.4, -0.2) is 20.6 Å². The van der Waals surface area contributed by atoms with E-state index in [4.69, 9.17) is 4.74 Å². The first kappa shape index (κ1) is 17.0. The molecule has 0 radical (unpaired) electrons. The van der Waals surface area contributed by atoms with Crippen LogP contribution in [0.15, 0.2) is 53.3 Å². The summed E-state index contributed by atoms with van der Waals surface area (Å²) in [4.78, 5) is 28.5. The Labute approximate surface area is 156 Å². The lowest BCUT2D eigenvalue weighted by atomic mass is 10.2. The van der Waals surface area contributed by atoms with Crippen LogP contribution in [0.2, 0.25) is 0 Å². The van der Waals surface area contributed by atoms with Crippen LogP contribution in [0.5, 0.6) is 5.75 Å². The van der Waals surface area contributed by atoms with Gasteiger partial charge in [0.05, 0.1) is 4.53 Å². The molecule has 0 aliphatic carbocycles. The Hall–Kier alpha value is -3.39. The molecule has 0 spiro atoms. The summed E-state index contributed by atoms with van der Waals surface area (Å²) in [6.45, 7) is 1.32. The van der Waals surface area contributed by atoms with Crippen LogP contribution < -0.4 is 14.8 Å². The van der Waals surface area contributed by atoms with Gasteiger partial charge in [-0.3, -0.25) is 9.59 Å². The van der Waals surface area contributed by atoms with E-state index in [-0.39, 0.29) is 11.4 Å². The van der Waals surface area contributed by atoms with Gasteiger partial charge in [0, 0.05) is 12.5 Å². The smallest absolute Gasteiger partial charge is 0.308 e. The van der Waals surface area contributed by atoms with Gasteiger partial charge in [0.15, 0.2) is 5.82 Å². The largest absolute Gasteiger partial charge is 0.427 e. The molecule has 2 aromatic carbocycles. The van der Waals surface area contributed by atoms with Gasteiger partial charge in [-0.2, -0.15) is 9.50 Å². The van der Waals surface area contributed by atoms with Crippen LogP contribution in [-0.2, 0) is 4.79 Å². The zero-order chi connectivity index (χ0) is 19.0. The van der Waals surface area contributed by atoms with Crippen molar-refractivity contribution in [2.75, 3.05) is 0 Å². The molecule has 0 saturated carbocycles. The van der Waals surface area contributed by atoms with Gasteiger partial charge >= 0.3 is 5.97 Å². The van der Waals surface area contributed by atoms with Gasteiger partial charge in [0.1, 0.15) is 11.6 Å². The molecule has 0 bridgehead atoms. The van der Waals surface area contributed by atoms with Crippen molar-refractivity contribution in [1.29, 1.82) is 0 Å². The predicted octanol–water partition coefficient (Wildman–Crippen LogP) is 2.43. The fourth-order valence-electron chi connectivity index (χ4n) is 2.54. The number of benzene rings is 2. The third-order valence-corrected chi connectivity index (χ3v) is 4.66. The molecule has 0 aliphatic rings. The lowest BCUT2D eigenvalue weighted by Crippen LogP contribution is -2.23. The third kappa shape index (κ3) is 3.47. The second-order valence-corrected chi connectivity index (χ2v) is 6.73. The Morgan fingerprint density at radius 2 is 2.00 bits per heavy atom. The Bertz CT molecular complexity index is 1260. The first-order valence-corrected chi connectivity index (χ1v) is 8.77. The highest BCUT2D eigenvalue weighted by Crippen LogP contribution is 2.17. The number of aromatic nitrogens is 3. The Kier molecular flexibility index (Phi) is 4.25. The van der Waals surface area contributed by atoms with Crippen molar-refractivity contribution in [1.82, 2.24) is 14.6 Å². The maximum absolute atomic E-state index is 13.0. The van der Waals surface area contributed by atoms with E-state index in [0.29, 0.717) is 32.2 Å². The highest BCUT2D eigenvalue weighted by molar-refractivity contribution is 7.15. The number of hydrogen-bond donors (Lipinski definition) is 0. The number of carbonyl (C=O) groups excluding carboxylic acids is 1. The van der Waals surface area contributed by atoms with Crippen molar-refractivity contribution in [3.8, 4) is 17.1 Å². The fourth-order valence-corrected chi connectivity index (χ4v) is 3.45. The highest BCUT2D eigenvalue weighted by Gasteiger charge is 2.12. The number of ether oxygens (including phenoxy) is 1. The summed E-state index contributed by atoms with van der Waals surface area (Å²) in [5.74, 6) is 0.00411. The van der Waals surface area contributed by atoms with Crippen LogP contribution in [0.25, 0.3) is 22.4 Å². The van der Waals surface area contributed by atoms with Crippen LogP contribution in [0, 0.1) is 5.82 Å². The number of halogens is 1. The van der Waals surface area contributed by atoms with E-state index in [0.717, 1.165) is 0 Å². The zero-order valence-electron chi connectivity index (χ0n) is 14.0. The van der Waals surface area contributed by atoms with Crippen molar-refractivity contribution < 1.29 is 13.9 Å². The van der Waals surface area contributed by atoms with E-state index in [1.165, 1.54) is 34.9 Å². The molecule has 0 amide bonds. The molecule has 8 heteroatoms. The highest BCUT2D eigenvalue weighted by atomic mass is 32.1. The predicted molar refractivity (Wildman–Crippen MR) is 99.1 cm³/mol. The number of thiazole rings is 1. The average molecular weight is 381 g/mol. The molecular formula is C19H12FN3O3S. The molecule has 134 valence electrons. The second kappa shape index (κ2) is 6.73. The maximum Gasteiger partial charge on any atom is 0.308 e. The van der Waals surface area contributed by atoms with Crippen LogP contribution in [0.4, 0.5) is 4.39 Å². The van der Waals surface area contributed by atoms with Crippen molar-refractivity contribution >= 4 is 28.3 Å². The lowest BCUT2D eigenvalue weighted by molar-refractivity contribution is -0.131. The summed E-state index contributed by atoms with van der Waals surface area (Å²) in [5.41, 5.74) is 1.05. The van der Waals surface area contributed by atoms with E-state index < -0.39 is 5.97 Å². The molecule has 0 aliphatic heterocycles. The normalized spacial score (nSPS) is 11.9. The number of rotatable bonds is 3. The van der Waals surface area contributed by atoms with Crippen LogP contribution in [0.1, 0.15) is 12.5 Å². The molecule has 2 aromatic heterocycles. The number of hydrogen-bond acceptors (Lipinski definition) is 6. The molecule has 0 N–H and O–H groups in total. The van der Waals surface area contributed by atoms with Gasteiger partial charge in [-0.15, -0.1) is 5.10 Å². The van der Waals surface area contributed by atoms with Gasteiger partial charge in [0.25, 0.3) is 5.56 Å². The molecule has 27 heavy (non-hydrogen) atoms. The molecule has 0 atom stereocenters. The van der Waals surface area contributed by atoms with E-state index in [1.807, 2.05) is 0 Å². The van der Waals surface area contributed by atoms with Crippen LogP contribution >= 0.6 is 11.3 Å². The van der Waals surface area contributed by atoms with E-state index >= 15 is 0 Å². The quantitative estimate of drug-likeness (QED) is 0.403. The van der Waals surface area contributed by atoms with Gasteiger partial charge in [0.2, 0.25) is 4.96 Å². The number of fused-ring (bicyclic) bond motifs is 1. The SMILES string of the molecule is CC(=O)Oc1cccc(/C=c2/sc3nc(-c4ccc(F)cc4)nn3c2=O)c1. The van der Waals surface area contributed by atoms with E-state index in [9.17, 15) is 14.0 Å². The topological polar surface area (TPSA) is 73.6 Å². The van der Waals surface area contributed by atoms with Gasteiger partial charge in [-0.1, -0.05) is 23.5 Å². The summed E-state index contributed by atoms with van der Waals surface area (Å²) in [5, 5.41) is 4.22. The zero-order valence-corrected chi connectivity index (χ0v) is 14.9. The van der Waals surface area contributed by atoms with Crippen LogP contribution in [0.3, 0.4) is 0 Å². The number of nitrogens with zero attached hydrogens (tertiary/aromatic N) is 3. The summed E-state index contributed by atoms with van der Waals surface area (Å²) in [6, 6.07) is 12.6. The molecular weight excluding hydrogens is 369 g/mol. The Morgan fingerprint density at radius 1 is 1.22 bits per heavy atom. The monoisotopic (exact) mass is 381 g/mol. The minimum Gasteiger partial charge on any atom is -0.427 e. The van der Waals surface area contributed by atoms with Crippen molar-refractivity contribution in [2.45, 2.75) is 6.92 Å². The Balaban J connectivity index is 1.73. The van der Waals surface area contributed by atoms with Crippen molar-refractivity contribution in [3.63, 3.8) is 0 Å². The molecule has 0 saturated heterocycles. The summed E-state index contributed by atoms with van der Waals surface area (Å²) in [7, 11) is 0. The molecule has 0 fully saturated rings. The molecule has 2 heterocycles. The van der Waals surface area contributed by atoms with Gasteiger partial charge < -0.3 is 4.74 Å². The minimum atomic E-state index is -0.413. The lowest BCUT2D eigenvalue weighted by Gasteiger charge is -2.01.